The van der Waals surface area contributed by atoms with Gasteiger partial charge in [-0.05, 0) is 17.2 Å². The molecule has 212 valence electrons. The minimum atomic E-state index is -1.40. The van der Waals surface area contributed by atoms with Gasteiger partial charge in [0.2, 0.25) is 5.75 Å². The number of benzene rings is 3. The molecule has 0 saturated carbocycles. The van der Waals surface area contributed by atoms with Gasteiger partial charge in [-0.2, -0.15) is 0 Å². The lowest BCUT2D eigenvalue weighted by Crippen LogP contribution is -2.58. The van der Waals surface area contributed by atoms with Gasteiger partial charge in [0.25, 0.3) is 0 Å². The second-order valence-corrected chi connectivity index (χ2v) is 9.95. The molecule has 3 heterocycles. The smallest absolute Gasteiger partial charge is 0.339 e. The average Bonchev–Trinajstić information content (AvgIpc) is 3.52. The van der Waals surface area contributed by atoms with E-state index < -0.39 is 36.5 Å². The van der Waals surface area contributed by atoms with Crippen molar-refractivity contribution in [3.05, 3.63) is 108 Å². The predicted octanol–water partition coefficient (Wildman–Crippen LogP) is 3.45. The molecular weight excluding hydrogens is 528 g/mol. The van der Waals surface area contributed by atoms with E-state index in [1.54, 1.807) is 29.4 Å². The van der Waals surface area contributed by atoms with E-state index in [9.17, 15) is 15.0 Å². The molecule has 0 amide bonds. The number of carbonyl (C=O) groups is 1. The fourth-order valence-corrected chi connectivity index (χ4v) is 5.24. The highest BCUT2D eigenvalue weighted by molar-refractivity contribution is 5.95. The molecule has 6 rings (SSSR count). The molecule has 2 N–H and O–H groups in total. The van der Waals surface area contributed by atoms with Crippen LogP contribution in [0.25, 0.3) is 0 Å². The number of nitrogens with zero attached hydrogens (tertiary/aromatic N) is 2. The first kappa shape index (κ1) is 26.8. The first-order chi connectivity index (χ1) is 20.0. The molecule has 2 aliphatic rings. The maximum atomic E-state index is 13.3. The van der Waals surface area contributed by atoms with E-state index in [-0.39, 0.29) is 36.8 Å². The Hall–Kier alpha value is -4.38. The molecule has 2 aliphatic heterocycles. The Kier molecular flexibility index (Phi) is 7.60. The van der Waals surface area contributed by atoms with Crippen LogP contribution in [0.2, 0.25) is 0 Å². The summed E-state index contributed by atoms with van der Waals surface area (Å²) < 4.78 is 32.1. The SMILES string of the molecule is COc1c(OCc2ccccc2)cc2c(c1OCc1ccccc1)[C@@H]1O[C@H](Cn3ccnc3)[C@@H](O)[C@H](O)[C@H]1OC2=O. The lowest BCUT2D eigenvalue weighted by molar-refractivity contribution is -0.231. The molecule has 3 aromatic carbocycles. The van der Waals surface area contributed by atoms with Crippen molar-refractivity contribution >= 4 is 5.97 Å². The second-order valence-electron chi connectivity index (χ2n) is 9.95. The molecule has 0 bridgehead atoms. The third kappa shape index (κ3) is 5.37. The Morgan fingerprint density at radius 3 is 2.24 bits per heavy atom. The van der Waals surface area contributed by atoms with Crippen LogP contribution in [-0.2, 0) is 29.2 Å². The fraction of sp³-hybridized carbons (Fsp3) is 0.290. The molecule has 0 spiro atoms. The Labute approximate surface area is 236 Å². The van der Waals surface area contributed by atoms with Gasteiger partial charge in [0.05, 0.1) is 25.5 Å². The Morgan fingerprint density at radius 2 is 1.61 bits per heavy atom. The van der Waals surface area contributed by atoms with E-state index in [1.165, 1.54) is 7.11 Å². The number of ether oxygens (including phenoxy) is 5. The zero-order valence-electron chi connectivity index (χ0n) is 22.3. The summed E-state index contributed by atoms with van der Waals surface area (Å²) in [5, 5.41) is 22.0. The van der Waals surface area contributed by atoms with Crippen LogP contribution in [0, 0.1) is 0 Å². The van der Waals surface area contributed by atoms with E-state index in [1.807, 2.05) is 60.7 Å². The highest BCUT2D eigenvalue weighted by atomic mass is 16.6. The zero-order valence-corrected chi connectivity index (χ0v) is 22.3. The lowest BCUT2D eigenvalue weighted by Gasteiger charge is -2.45. The highest BCUT2D eigenvalue weighted by Crippen LogP contribution is 2.51. The zero-order chi connectivity index (χ0) is 28.3. The molecule has 1 fully saturated rings. The van der Waals surface area contributed by atoms with Crippen molar-refractivity contribution in [2.75, 3.05) is 7.11 Å². The van der Waals surface area contributed by atoms with Gasteiger partial charge in [0.15, 0.2) is 17.6 Å². The summed E-state index contributed by atoms with van der Waals surface area (Å²) >= 11 is 0. The van der Waals surface area contributed by atoms with Crippen LogP contribution in [0.4, 0.5) is 0 Å². The summed E-state index contributed by atoms with van der Waals surface area (Å²) in [6.07, 6.45) is -0.704. The number of fused-ring (bicyclic) bond motifs is 3. The highest BCUT2D eigenvalue weighted by Gasteiger charge is 2.52. The summed E-state index contributed by atoms with van der Waals surface area (Å²) in [5.41, 5.74) is 2.36. The van der Waals surface area contributed by atoms with Crippen LogP contribution in [-0.4, -0.2) is 57.3 Å². The minimum Gasteiger partial charge on any atom is -0.490 e. The van der Waals surface area contributed by atoms with Crippen molar-refractivity contribution in [1.29, 1.82) is 0 Å². The molecule has 1 aromatic heterocycles. The van der Waals surface area contributed by atoms with Crippen LogP contribution in [0.15, 0.2) is 85.5 Å². The van der Waals surface area contributed by atoms with Gasteiger partial charge in [-0.3, -0.25) is 0 Å². The number of hydrogen-bond acceptors (Lipinski definition) is 9. The van der Waals surface area contributed by atoms with Crippen molar-refractivity contribution in [3.63, 3.8) is 0 Å². The summed E-state index contributed by atoms with van der Waals surface area (Å²) in [7, 11) is 1.49. The fourth-order valence-electron chi connectivity index (χ4n) is 5.24. The van der Waals surface area contributed by atoms with Gasteiger partial charge in [0, 0.05) is 18.0 Å². The molecule has 0 aliphatic carbocycles. The van der Waals surface area contributed by atoms with Gasteiger partial charge in [-0.15, -0.1) is 0 Å². The molecule has 10 nitrogen and oxygen atoms in total. The number of carbonyl (C=O) groups excluding carboxylic acids is 1. The predicted molar refractivity (Wildman–Crippen MR) is 146 cm³/mol. The molecule has 10 heteroatoms. The standard InChI is InChI=1S/C31H30N2O8/c1-37-27-22(38-16-19-8-4-2-5-9-19)14-21-24(28(27)39-17-20-10-6-3-7-11-20)29-30(41-31(21)36)26(35)25(34)23(40-29)15-33-13-12-32-18-33/h2-14,18,23,25-26,29-30,34-35H,15-17H2,1H3/t23-,25-,26+,29+,30-/m1/s1. The quantitative estimate of drug-likeness (QED) is 0.298. The molecule has 1 saturated heterocycles. The van der Waals surface area contributed by atoms with E-state index in [2.05, 4.69) is 4.98 Å². The number of aromatic nitrogens is 2. The summed E-state index contributed by atoms with van der Waals surface area (Å²) in [5.74, 6) is 0.119. The maximum absolute atomic E-state index is 13.3. The summed E-state index contributed by atoms with van der Waals surface area (Å²) in [6.45, 7) is 0.617. The molecule has 0 unspecified atom stereocenters. The lowest BCUT2D eigenvalue weighted by atomic mass is 9.86. The van der Waals surface area contributed by atoms with E-state index in [4.69, 9.17) is 23.7 Å². The maximum Gasteiger partial charge on any atom is 0.339 e. The van der Waals surface area contributed by atoms with Gasteiger partial charge >= 0.3 is 5.97 Å². The van der Waals surface area contributed by atoms with Crippen molar-refractivity contribution in [3.8, 4) is 17.2 Å². The topological polar surface area (TPSA) is 122 Å². The van der Waals surface area contributed by atoms with Gasteiger partial charge in [-0.25, -0.2) is 9.78 Å². The van der Waals surface area contributed by atoms with Crippen molar-refractivity contribution in [1.82, 2.24) is 9.55 Å². The molecule has 5 atom stereocenters. The molecule has 0 radical (unpaired) electrons. The Bertz CT molecular complexity index is 1480. The van der Waals surface area contributed by atoms with Gasteiger partial charge in [-0.1, -0.05) is 60.7 Å². The normalized spacial score (nSPS) is 23.2. The van der Waals surface area contributed by atoms with E-state index >= 15 is 0 Å². The van der Waals surface area contributed by atoms with Crippen LogP contribution in [0.1, 0.15) is 33.2 Å². The van der Waals surface area contributed by atoms with Crippen LogP contribution in [0.5, 0.6) is 17.2 Å². The van der Waals surface area contributed by atoms with Crippen LogP contribution in [0.3, 0.4) is 0 Å². The number of esters is 1. The monoisotopic (exact) mass is 558 g/mol. The summed E-state index contributed by atoms with van der Waals surface area (Å²) in [4.78, 5) is 17.4. The third-order valence-electron chi connectivity index (χ3n) is 7.29. The minimum absolute atomic E-state index is 0.169. The largest absolute Gasteiger partial charge is 0.490 e. The van der Waals surface area contributed by atoms with Crippen molar-refractivity contribution in [2.45, 2.75) is 50.3 Å². The third-order valence-corrected chi connectivity index (χ3v) is 7.29. The van der Waals surface area contributed by atoms with Crippen LogP contribution >= 0.6 is 0 Å². The van der Waals surface area contributed by atoms with E-state index in [0.29, 0.717) is 11.3 Å². The first-order valence-electron chi connectivity index (χ1n) is 13.3. The van der Waals surface area contributed by atoms with Crippen molar-refractivity contribution in [2.24, 2.45) is 0 Å². The number of methoxy groups -OCH3 is 1. The number of aliphatic hydroxyl groups is 2. The van der Waals surface area contributed by atoms with Crippen molar-refractivity contribution < 1.29 is 38.7 Å². The number of rotatable bonds is 9. The van der Waals surface area contributed by atoms with Gasteiger partial charge < -0.3 is 38.5 Å². The Morgan fingerprint density at radius 1 is 0.927 bits per heavy atom. The number of aliphatic hydroxyl groups excluding tert-OH is 2. The average molecular weight is 559 g/mol. The Balaban J connectivity index is 1.42. The number of hydrogen-bond donors (Lipinski definition) is 2. The summed E-state index contributed by atoms with van der Waals surface area (Å²) in [6, 6.07) is 20.7. The van der Waals surface area contributed by atoms with E-state index in [0.717, 1.165) is 11.1 Å². The molecular formula is C31H30N2O8. The first-order valence-corrected chi connectivity index (χ1v) is 13.3. The van der Waals surface area contributed by atoms with Crippen LogP contribution < -0.4 is 14.2 Å². The second kappa shape index (κ2) is 11.6. The number of imidazole rings is 1. The van der Waals surface area contributed by atoms with Gasteiger partial charge in [0.1, 0.15) is 37.6 Å². The molecule has 41 heavy (non-hydrogen) atoms. The molecule has 4 aromatic rings.